The van der Waals surface area contributed by atoms with Gasteiger partial charge in [-0.05, 0) is 35.4 Å². The predicted octanol–water partition coefficient (Wildman–Crippen LogP) is 4.90. The molecule has 0 spiro atoms. The van der Waals surface area contributed by atoms with Gasteiger partial charge in [-0.3, -0.25) is 0 Å². The first-order valence-electron chi connectivity index (χ1n) is 8.93. The van der Waals surface area contributed by atoms with Gasteiger partial charge < -0.3 is 4.74 Å². The van der Waals surface area contributed by atoms with Gasteiger partial charge in [0.15, 0.2) is 5.82 Å². The fourth-order valence-electron chi connectivity index (χ4n) is 2.79. The zero-order valence-electron chi connectivity index (χ0n) is 15.3. The molecule has 4 aromatic rings. The molecule has 0 bridgehead atoms. The average Bonchev–Trinajstić information content (AvgIpc) is 2.80. The Labute approximate surface area is 167 Å². The summed E-state index contributed by atoms with van der Waals surface area (Å²) in [5.74, 6) is 0.462. The van der Waals surface area contributed by atoms with Gasteiger partial charge in [0.2, 0.25) is 0 Å². The molecule has 4 rings (SSSR count). The van der Waals surface area contributed by atoms with Crippen molar-refractivity contribution in [2.75, 3.05) is 0 Å². The SMILES string of the molecule is N#Cc1ccc(-c2ccc(OC(=O)c3cnc(-c4ccccc4)nc3)cc2)cc1. The van der Waals surface area contributed by atoms with Crippen LogP contribution in [0.1, 0.15) is 15.9 Å². The van der Waals surface area contributed by atoms with Crippen molar-refractivity contribution in [2.24, 2.45) is 0 Å². The molecule has 0 aliphatic heterocycles. The highest BCUT2D eigenvalue weighted by Gasteiger charge is 2.11. The van der Waals surface area contributed by atoms with Crippen LogP contribution in [-0.4, -0.2) is 15.9 Å². The van der Waals surface area contributed by atoms with Crippen molar-refractivity contribution in [3.05, 3.63) is 102 Å². The number of rotatable bonds is 4. The Bertz CT molecular complexity index is 1160. The number of ether oxygens (including phenoxy) is 1. The van der Waals surface area contributed by atoms with Crippen molar-refractivity contribution >= 4 is 5.97 Å². The van der Waals surface area contributed by atoms with E-state index in [1.54, 1.807) is 24.3 Å². The Morgan fingerprint density at radius 3 is 1.93 bits per heavy atom. The van der Waals surface area contributed by atoms with E-state index in [0.717, 1.165) is 16.7 Å². The Hall–Kier alpha value is -4.30. The minimum Gasteiger partial charge on any atom is -0.423 e. The lowest BCUT2D eigenvalue weighted by molar-refractivity contribution is 0.0734. The molecule has 0 saturated heterocycles. The van der Waals surface area contributed by atoms with E-state index in [1.165, 1.54) is 12.4 Å². The van der Waals surface area contributed by atoms with Crippen LogP contribution in [0.5, 0.6) is 5.75 Å². The Balaban J connectivity index is 1.45. The molecule has 5 heteroatoms. The summed E-state index contributed by atoms with van der Waals surface area (Å²) in [4.78, 5) is 20.8. The second-order valence-corrected chi connectivity index (χ2v) is 6.26. The van der Waals surface area contributed by atoms with E-state index in [4.69, 9.17) is 10.00 Å². The molecule has 0 aliphatic rings. The summed E-state index contributed by atoms with van der Waals surface area (Å²) >= 11 is 0. The summed E-state index contributed by atoms with van der Waals surface area (Å²) < 4.78 is 5.41. The quantitative estimate of drug-likeness (QED) is 0.373. The molecule has 138 valence electrons. The Morgan fingerprint density at radius 2 is 1.34 bits per heavy atom. The lowest BCUT2D eigenvalue weighted by atomic mass is 10.0. The van der Waals surface area contributed by atoms with E-state index in [-0.39, 0.29) is 5.56 Å². The molecule has 0 unspecified atom stereocenters. The maximum absolute atomic E-state index is 12.4. The van der Waals surface area contributed by atoms with E-state index in [0.29, 0.717) is 17.1 Å². The molecule has 1 heterocycles. The van der Waals surface area contributed by atoms with Crippen LogP contribution in [0.2, 0.25) is 0 Å². The van der Waals surface area contributed by atoms with Gasteiger partial charge >= 0.3 is 5.97 Å². The molecule has 0 atom stereocenters. The smallest absolute Gasteiger partial charge is 0.346 e. The zero-order chi connectivity index (χ0) is 20.1. The first-order chi connectivity index (χ1) is 14.2. The fraction of sp³-hybridized carbons (Fsp3) is 0. The van der Waals surface area contributed by atoms with Crippen molar-refractivity contribution in [1.29, 1.82) is 5.26 Å². The van der Waals surface area contributed by atoms with Crippen molar-refractivity contribution in [3.8, 4) is 34.3 Å². The maximum atomic E-state index is 12.4. The van der Waals surface area contributed by atoms with Crippen LogP contribution in [0.25, 0.3) is 22.5 Å². The Morgan fingerprint density at radius 1 is 0.759 bits per heavy atom. The normalized spacial score (nSPS) is 10.2. The largest absolute Gasteiger partial charge is 0.423 e. The van der Waals surface area contributed by atoms with Gasteiger partial charge in [-0.15, -0.1) is 0 Å². The highest BCUT2D eigenvalue weighted by molar-refractivity contribution is 5.90. The van der Waals surface area contributed by atoms with Crippen LogP contribution >= 0.6 is 0 Å². The summed E-state index contributed by atoms with van der Waals surface area (Å²) in [6, 6.07) is 26.1. The number of nitriles is 1. The topological polar surface area (TPSA) is 75.9 Å². The number of carbonyl (C=O) groups is 1. The predicted molar refractivity (Wildman–Crippen MR) is 109 cm³/mol. The molecule has 0 saturated carbocycles. The molecule has 3 aromatic carbocycles. The van der Waals surface area contributed by atoms with Gasteiger partial charge in [0.1, 0.15) is 5.75 Å². The summed E-state index contributed by atoms with van der Waals surface area (Å²) in [7, 11) is 0. The van der Waals surface area contributed by atoms with Gasteiger partial charge in [0.05, 0.1) is 17.2 Å². The van der Waals surface area contributed by atoms with E-state index >= 15 is 0 Å². The third-order valence-corrected chi connectivity index (χ3v) is 4.33. The molecular weight excluding hydrogens is 362 g/mol. The second-order valence-electron chi connectivity index (χ2n) is 6.26. The minimum atomic E-state index is -0.518. The van der Waals surface area contributed by atoms with Gasteiger partial charge in [-0.1, -0.05) is 54.6 Å². The van der Waals surface area contributed by atoms with E-state index in [9.17, 15) is 4.79 Å². The van der Waals surface area contributed by atoms with E-state index in [1.807, 2.05) is 54.6 Å². The molecule has 5 nitrogen and oxygen atoms in total. The number of hydrogen-bond acceptors (Lipinski definition) is 5. The summed E-state index contributed by atoms with van der Waals surface area (Å²) in [5, 5.41) is 8.88. The summed E-state index contributed by atoms with van der Waals surface area (Å²) in [5.41, 5.74) is 3.71. The molecular formula is C24H15N3O2. The molecule has 0 amide bonds. The molecule has 0 fully saturated rings. The third-order valence-electron chi connectivity index (χ3n) is 4.33. The van der Waals surface area contributed by atoms with Gasteiger partial charge in [0.25, 0.3) is 0 Å². The number of aromatic nitrogens is 2. The van der Waals surface area contributed by atoms with Gasteiger partial charge in [0, 0.05) is 18.0 Å². The van der Waals surface area contributed by atoms with E-state index < -0.39 is 5.97 Å². The number of carbonyl (C=O) groups excluding carboxylic acids is 1. The number of benzene rings is 3. The average molecular weight is 377 g/mol. The zero-order valence-corrected chi connectivity index (χ0v) is 15.3. The lowest BCUT2D eigenvalue weighted by Gasteiger charge is -2.06. The summed E-state index contributed by atoms with van der Waals surface area (Å²) in [6.45, 7) is 0. The first-order valence-corrected chi connectivity index (χ1v) is 8.93. The molecule has 0 N–H and O–H groups in total. The van der Waals surface area contributed by atoms with Crippen molar-refractivity contribution in [1.82, 2.24) is 9.97 Å². The molecule has 0 aliphatic carbocycles. The van der Waals surface area contributed by atoms with Crippen molar-refractivity contribution in [3.63, 3.8) is 0 Å². The van der Waals surface area contributed by atoms with Crippen LogP contribution in [0.4, 0.5) is 0 Å². The minimum absolute atomic E-state index is 0.279. The van der Waals surface area contributed by atoms with Crippen LogP contribution in [0, 0.1) is 11.3 Å². The van der Waals surface area contributed by atoms with E-state index in [2.05, 4.69) is 16.0 Å². The number of hydrogen-bond donors (Lipinski definition) is 0. The van der Waals surface area contributed by atoms with Crippen LogP contribution in [-0.2, 0) is 0 Å². The monoisotopic (exact) mass is 377 g/mol. The van der Waals surface area contributed by atoms with Gasteiger partial charge in [-0.2, -0.15) is 5.26 Å². The fourth-order valence-corrected chi connectivity index (χ4v) is 2.79. The first kappa shape index (κ1) is 18.1. The van der Waals surface area contributed by atoms with Crippen LogP contribution in [0.15, 0.2) is 91.3 Å². The standard InChI is InChI=1S/C24H15N3O2/c25-14-17-6-8-18(9-7-17)19-10-12-22(13-11-19)29-24(28)21-15-26-23(27-16-21)20-4-2-1-3-5-20/h1-13,15-16H. The van der Waals surface area contributed by atoms with Crippen molar-refractivity contribution in [2.45, 2.75) is 0 Å². The third kappa shape index (κ3) is 4.18. The number of esters is 1. The molecule has 0 radical (unpaired) electrons. The lowest BCUT2D eigenvalue weighted by Crippen LogP contribution is -2.09. The summed E-state index contributed by atoms with van der Waals surface area (Å²) in [6.07, 6.45) is 2.92. The van der Waals surface area contributed by atoms with Crippen molar-refractivity contribution < 1.29 is 9.53 Å². The molecule has 29 heavy (non-hydrogen) atoms. The van der Waals surface area contributed by atoms with Crippen LogP contribution < -0.4 is 4.74 Å². The van der Waals surface area contributed by atoms with Crippen LogP contribution in [0.3, 0.4) is 0 Å². The highest BCUT2D eigenvalue weighted by atomic mass is 16.5. The maximum Gasteiger partial charge on any atom is 0.346 e. The Kier molecular flexibility index (Phi) is 5.08. The molecule has 1 aromatic heterocycles. The highest BCUT2D eigenvalue weighted by Crippen LogP contribution is 2.23. The number of nitrogens with zero attached hydrogens (tertiary/aromatic N) is 3. The second kappa shape index (κ2) is 8.15. The van der Waals surface area contributed by atoms with Gasteiger partial charge in [-0.25, -0.2) is 14.8 Å².